The average molecular weight is 239 g/mol. The van der Waals surface area contributed by atoms with Gasteiger partial charge in [0.1, 0.15) is 16.7 Å². The van der Waals surface area contributed by atoms with Crippen LogP contribution < -0.4 is 4.72 Å². The number of sulfonamides is 1. The van der Waals surface area contributed by atoms with Crippen molar-refractivity contribution in [3.05, 3.63) is 24.0 Å². The molecule has 1 N–H and O–H groups in total. The van der Waals surface area contributed by atoms with E-state index in [1.807, 2.05) is 13.0 Å². The second kappa shape index (κ2) is 5.05. The van der Waals surface area contributed by atoms with Gasteiger partial charge in [-0.2, -0.15) is 5.26 Å². The maximum Gasteiger partial charge on any atom is 0.242 e. The quantitative estimate of drug-likeness (QED) is 0.850. The van der Waals surface area contributed by atoms with Gasteiger partial charge in [0.05, 0.1) is 0 Å². The Morgan fingerprint density at radius 2 is 2.25 bits per heavy atom. The van der Waals surface area contributed by atoms with Gasteiger partial charge in [0, 0.05) is 12.2 Å². The SMILES string of the molecule is CCC(C)NS(=O)(=O)c1ccc(C#N)nc1. The molecule has 0 aromatic carbocycles. The van der Waals surface area contributed by atoms with Crippen molar-refractivity contribution < 1.29 is 8.42 Å². The molecular formula is C10H13N3O2S. The molecule has 86 valence electrons. The zero-order valence-electron chi connectivity index (χ0n) is 9.14. The maximum atomic E-state index is 11.8. The lowest BCUT2D eigenvalue weighted by Crippen LogP contribution is -2.32. The van der Waals surface area contributed by atoms with Crippen LogP contribution in [0.15, 0.2) is 23.2 Å². The van der Waals surface area contributed by atoms with Crippen LogP contribution in [0.25, 0.3) is 0 Å². The van der Waals surface area contributed by atoms with Gasteiger partial charge in [0.25, 0.3) is 0 Å². The topological polar surface area (TPSA) is 82.9 Å². The van der Waals surface area contributed by atoms with Crippen molar-refractivity contribution in [1.29, 1.82) is 5.26 Å². The summed E-state index contributed by atoms with van der Waals surface area (Å²) in [6, 6.07) is 4.46. The predicted molar refractivity (Wildman–Crippen MR) is 59.0 cm³/mol. The van der Waals surface area contributed by atoms with Crippen molar-refractivity contribution in [1.82, 2.24) is 9.71 Å². The standard InChI is InChI=1S/C10H13N3O2S/c1-3-8(2)13-16(14,15)10-5-4-9(6-11)12-7-10/h4-5,7-8,13H,3H2,1-2H3. The largest absolute Gasteiger partial charge is 0.244 e. The average Bonchev–Trinajstić information content (AvgIpc) is 2.28. The molecule has 1 atom stereocenters. The fraction of sp³-hybridized carbons (Fsp3) is 0.400. The molecule has 6 heteroatoms. The summed E-state index contributed by atoms with van der Waals surface area (Å²) in [5, 5.41) is 8.54. The van der Waals surface area contributed by atoms with Crippen molar-refractivity contribution in [2.45, 2.75) is 31.2 Å². The summed E-state index contributed by atoms with van der Waals surface area (Å²) >= 11 is 0. The Morgan fingerprint density at radius 3 is 2.69 bits per heavy atom. The zero-order chi connectivity index (χ0) is 12.2. The van der Waals surface area contributed by atoms with E-state index in [4.69, 9.17) is 5.26 Å². The van der Waals surface area contributed by atoms with Gasteiger partial charge in [0.2, 0.25) is 10.0 Å². The third-order valence-corrected chi connectivity index (χ3v) is 3.70. The summed E-state index contributed by atoms with van der Waals surface area (Å²) in [4.78, 5) is 3.79. The third-order valence-electron chi connectivity index (χ3n) is 2.13. The molecule has 1 heterocycles. The highest BCUT2D eigenvalue weighted by atomic mass is 32.2. The van der Waals surface area contributed by atoms with E-state index in [9.17, 15) is 8.42 Å². The van der Waals surface area contributed by atoms with Gasteiger partial charge in [-0.1, -0.05) is 6.92 Å². The minimum Gasteiger partial charge on any atom is -0.244 e. The maximum absolute atomic E-state index is 11.8. The zero-order valence-corrected chi connectivity index (χ0v) is 9.95. The van der Waals surface area contributed by atoms with Crippen LogP contribution in [-0.2, 0) is 10.0 Å². The number of aromatic nitrogens is 1. The van der Waals surface area contributed by atoms with Gasteiger partial charge in [-0.25, -0.2) is 18.1 Å². The molecule has 0 radical (unpaired) electrons. The van der Waals surface area contributed by atoms with E-state index >= 15 is 0 Å². The highest BCUT2D eigenvalue weighted by Gasteiger charge is 2.16. The van der Waals surface area contributed by atoms with Gasteiger partial charge < -0.3 is 0 Å². The van der Waals surface area contributed by atoms with Crippen LogP contribution in [0, 0.1) is 11.3 Å². The molecule has 0 aliphatic carbocycles. The van der Waals surface area contributed by atoms with Crippen LogP contribution in [-0.4, -0.2) is 19.4 Å². The molecule has 1 aromatic rings. The molecule has 0 amide bonds. The Morgan fingerprint density at radius 1 is 1.56 bits per heavy atom. The van der Waals surface area contributed by atoms with Gasteiger partial charge >= 0.3 is 0 Å². The Bertz CT molecular complexity index is 488. The fourth-order valence-electron chi connectivity index (χ4n) is 1.02. The summed E-state index contributed by atoms with van der Waals surface area (Å²) < 4.78 is 26.0. The van der Waals surface area contributed by atoms with Crippen molar-refractivity contribution >= 4 is 10.0 Å². The first kappa shape index (κ1) is 12.6. The number of nitriles is 1. The van der Waals surface area contributed by atoms with E-state index in [0.29, 0.717) is 6.42 Å². The minimum atomic E-state index is -3.52. The van der Waals surface area contributed by atoms with E-state index in [-0.39, 0.29) is 16.6 Å². The first-order chi connectivity index (χ1) is 7.49. The van der Waals surface area contributed by atoms with Crippen molar-refractivity contribution in [2.75, 3.05) is 0 Å². The number of pyridine rings is 1. The van der Waals surface area contributed by atoms with E-state index in [0.717, 1.165) is 0 Å². The molecular weight excluding hydrogens is 226 g/mol. The molecule has 5 nitrogen and oxygen atoms in total. The third kappa shape index (κ3) is 3.02. The molecule has 0 saturated carbocycles. The Hall–Kier alpha value is -1.45. The molecule has 1 rings (SSSR count). The van der Waals surface area contributed by atoms with Crippen molar-refractivity contribution in [2.24, 2.45) is 0 Å². The van der Waals surface area contributed by atoms with Crippen molar-refractivity contribution in [3.8, 4) is 6.07 Å². The number of rotatable bonds is 4. The first-order valence-electron chi connectivity index (χ1n) is 4.88. The van der Waals surface area contributed by atoms with Crippen molar-refractivity contribution in [3.63, 3.8) is 0 Å². The number of nitrogens with zero attached hydrogens (tertiary/aromatic N) is 2. The van der Waals surface area contributed by atoms with E-state index in [1.54, 1.807) is 6.92 Å². The van der Waals surface area contributed by atoms with E-state index in [1.165, 1.54) is 18.3 Å². The molecule has 0 bridgehead atoms. The normalized spacial score (nSPS) is 13.1. The molecule has 0 aliphatic heterocycles. The lowest BCUT2D eigenvalue weighted by atomic mass is 10.3. The number of hydrogen-bond acceptors (Lipinski definition) is 4. The first-order valence-corrected chi connectivity index (χ1v) is 6.36. The second-order valence-corrected chi connectivity index (χ2v) is 5.14. The van der Waals surface area contributed by atoms with Gasteiger partial charge in [-0.05, 0) is 25.5 Å². The molecule has 1 unspecified atom stereocenters. The van der Waals surface area contributed by atoms with Crippen LogP contribution in [0.5, 0.6) is 0 Å². The van der Waals surface area contributed by atoms with E-state index in [2.05, 4.69) is 9.71 Å². The summed E-state index contributed by atoms with van der Waals surface area (Å²) in [5.74, 6) is 0. The van der Waals surface area contributed by atoms with Crippen LogP contribution >= 0.6 is 0 Å². The fourth-order valence-corrected chi connectivity index (χ4v) is 2.29. The Labute approximate surface area is 95.2 Å². The van der Waals surface area contributed by atoms with Crippen LogP contribution in [0.2, 0.25) is 0 Å². The number of hydrogen-bond donors (Lipinski definition) is 1. The second-order valence-electron chi connectivity index (χ2n) is 3.42. The summed E-state index contributed by atoms with van der Waals surface area (Å²) in [6.07, 6.45) is 1.90. The van der Waals surface area contributed by atoms with Crippen LogP contribution in [0.4, 0.5) is 0 Å². The van der Waals surface area contributed by atoms with Gasteiger partial charge in [-0.15, -0.1) is 0 Å². The highest BCUT2D eigenvalue weighted by molar-refractivity contribution is 7.89. The highest BCUT2D eigenvalue weighted by Crippen LogP contribution is 2.08. The summed E-state index contributed by atoms with van der Waals surface area (Å²) in [6.45, 7) is 3.68. The smallest absolute Gasteiger partial charge is 0.242 e. The lowest BCUT2D eigenvalue weighted by Gasteiger charge is -2.11. The monoisotopic (exact) mass is 239 g/mol. The number of nitrogens with one attached hydrogen (secondary N) is 1. The van der Waals surface area contributed by atoms with Crippen LogP contribution in [0.3, 0.4) is 0 Å². The molecule has 1 aromatic heterocycles. The summed E-state index contributed by atoms with van der Waals surface area (Å²) in [7, 11) is -3.52. The van der Waals surface area contributed by atoms with E-state index < -0.39 is 10.0 Å². The summed E-state index contributed by atoms with van der Waals surface area (Å²) in [5.41, 5.74) is 0.197. The molecule has 0 spiro atoms. The molecule has 0 aliphatic rings. The van der Waals surface area contributed by atoms with Crippen LogP contribution in [0.1, 0.15) is 26.0 Å². The molecule has 16 heavy (non-hydrogen) atoms. The molecule has 0 saturated heterocycles. The predicted octanol–water partition coefficient (Wildman–Crippen LogP) is 1.03. The lowest BCUT2D eigenvalue weighted by molar-refractivity contribution is 0.555. The minimum absolute atomic E-state index is 0.0757. The Balaban J connectivity index is 2.95. The Kier molecular flexibility index (Phi) is 3.99. The molecule has 0 fully saturated rings. The van der Waals surface area contributed by atoms with Gasteiger partial charge in [0.15, 0.2) is 0 Å². The van der Waals surface area contributed by atoms with Gasteiger partial charge in [-0.3, -0.25) is 0 Å².